The van der Waals surface area contributed by atoms with Crippen molar-refractivity contribution in [2.45, 2.75) is 23.6 Å². The first-order valence-electron chi connectivity index (χ1n) is 9.66. The molecule has 0 amide bonds. The summed E-state index contributed by atoms with van der Waals surface area (Å²) in [5.41, 5.74) is -2.24. The summed E-state index contributed by atoms with van der Waals surface area (Å²) in [5, 5.41) is 29.2. The molecule has 0 unspecified atom stereocenters. The zero-order valence-electron chi connectivity index (χ0n) is 17.6. The number of hydrogen-bond donors (Lipinski definition) is 0. The second-order valence-corrected chi connectivity index (χ2v) is 9.39. The van der Waals surface area contributed by atoms with E-state index in [-0.39, 0.29) is 23.4 Å². The molecule has 8 nitrogen and oxygen atoms in total. The zero-order valence-corrected chi connectivity index (χ0v) is 18.4. The number of halogens is 4. The van der Waals surface area contributed by atoms with Crippen LogP contribution in [0.1, 0.15) is 22.3 Å². The van der Waals surface area contributed by atoms with Gasteiger partial charge < -0.3 is 14.6 Å². The predicted molar refractivity (Wildman–Crippen MR) is 108 cm³/mol. The van der Waals surface area contributed by atoms with E-state index in [9.17, 15) is 41.1 Å². The normalized spacial score (nSPS) is 16.5. The van der Waals surface area contributed by atoms with Crippen molar-refractivity contribution in [2.24, 2.45) is 0 Å². The van der Waals surface area contributed by atoms with E-state index in [4.69, 9.17) is 10.00 Å². The lowest BCUT2D eigenvalue weighted by Gasteiger charge is -2.20. The molecule has 35 heavy (non-hydrogen) atoms. The van der Waals surface area contributed by atoms with Gasteiger partial charge >= 0.3 is 6.18 Å². The van der Waals surface area contributed by atoms with Gasteiger partial charge in [0.25, 0.3) is 0 Å². The van der Waals surface area contributed by atoms with Gasteiger partial charge in [0, 0.05) is 30.6 Å². The van der Waals surface area contributed by atoms with E-state index >= 15 is 0 Å². The van der Waals surface area contributed by atoms with Crippen LogP contribution in [0.5, 0.6) is 5.75 Å². The van der Waals surface area contributed by atoms with Crippen LogP contribution in [0, 0.1) is 28.5 Å². The SMILES string of the molecule is C=C1CN(S(=O)(=O)c2ccc(C(F)(F)F)cc2C#N)C[C@@H]1Oc1cc(F)c(C#N)cc1CC(=O)[O-]. The van der Waals surface area contributed by atoms with Crippen LogP contribution in [0.2, 0.25) is 0 Å². The smallest absolute Gasteiger partial charge is 0.416 e. The fraction of sp³-hybridized carbons (Fsp3) is 0.227. The number of sulfonamides is 1. The van der Waals surface area contributed by atoms with Crippen molar-refractivity contribution in [3.05, 3.63) is 70.6 Å². The van der Waals surface area contributed by atoms with Crippen molar-refractivity contribution in [1.82, 2.24) is 4.31 Å². The number of rotatable bonds is 6. The maximum atomic E-state index is 14.1. The largest absolute Gasteiger partial charge is 0.550 e. The first-order chi connectivity index (χ1) is 16.3. The van der Waals surface area contributed by atoms with E-state index in [0.29, 0.717) is 18.2 Å². The Morgan fingerprint density at radius 1 is 1.20 bits per heavy atom. The van der Waals surface area contributed by atoms with Crippen LogP contribution in [-0.4, -0.2) is 37.9 Å². The Morgan fingerprint density at radius 3 is 2.43 bits per heavy atom. The van der Waals surface area contributed by atoms with E-state index < -0.39 is 68.6 Å². The summed E-state index contributed by atoms with van der Waals surface area (Å²) >= 11 is 0. The van der Waals surface area contributed by atoms with Crippen molar-refractivity contribution in [3.63, 3.8) is 0 Å². The standard InChI is InChI=1S/C22H15F4N3O5S/c1-12-10-29(35(32,33)20-3-2-16(22(24,25)26)5-15(20)9-28)11-19(12)34-18-7-17(23)14(8-27)4-13(18)6-21(30)31/h2-5,7,19H,1,6,10-11H2,(H,30,31)/p-1/t19-/m0/s1. The molecule has 0 N–H and O–H groups in total. The summed E-state index contributed by atoms with van der Waals surface area (Å²) in [6.45, 7) is 2.98. The van der Waals surface area contributed by atoms with Crippen LogP contribution >= 0.6 is 0 Å². The third kappa shape index (κ3) is 5.26. The molecule has 0 radical (unpaired) electrons. The van der Waals surface area contributed by atoms with Gasteiger partial charge in [0.2, 0.25) is 10.0 Å². The quantitative estimate of drug-likeness (QED) is 0.430. The van der Waals surface area contributed by atoms with E-state index in [0.717, 1.165) is 16.4 Å². The average molecular weight is 508 g/mol. The summed E-state index contributed by atoms with van der Waals surface area (Å²) in [5.74, 6) is -2.81. The number of carboxylic acids is 1. The number of benzene rings is 2. The Labute approximate surface area is 196 Å². The van der Waals surface area contributed by atoms with Crippen molar-refractivity contribution >= 4 is 16.0 Å². The van der Waals surface area contributed by atoms with Crippen LogP contribution in [0.4, 0.5) is 17.6 Å². The Bertz CT molecular complexity index is 1410. The highest BCUT2D eigenvalue weighted by Crippen LogP contribution is 2.34. The number of hydrogen-bond acceptors (Lipinski definition) is 7. The van der Waals surface area contributed by atoms with Gasteiger partial charge in [0.1, 0.15) is 29.8 Å². The molecule has 0 bridgehead atoms. The van der Waals surface area contributed by atoms with Crippen molar-refractivity contribution in [2.75, 3.05) is 13.1 Å². The summed E-state index contributed by atoms with van der Waals surface area (Å²) < 4.78 is 85.6. The number of aliphatic carboxylic acids is 1. The fourth-order valence-electron chi connectivity index (χ4n) is 3.41. The minimum Gasteiger partial charge on any atom is -0.550 e. The summed E-state index contributed by atoms with van der Waals surface area (Å²) in [4.78, 5) is 10.4. The fourth-order valence-corrected chi connectivity index (χ4v) is 4.98. The van der Waals surface area contributed by atoms with Gasteiger partial charge in [-0.25, -0.2) is 12.8 Å². The second kappa shape index (κ2) is 9.37. The average Bonchev–Trinajstić information content (AvgIpc) is 3.15. The highest BCUT2D eigenvalue weighted by molar-refractivity contribution is 7.89. The molecule has 0 saturated carbocycles. The summed E-state index contributed by atoms with van der Waals surface area (Å²) in [6.07, 6.45) is -6.59. The Kier molecular flexibility index (Phi) is 6.87. The molecule has 1 aliphatic heterocycles. The van der Waals surface area contributed by atoms with Crippen LogP contribution < -0.4 is 9.84 Å². The number of nitriles is 2. The van der Waals surface area contributed by atoms with Gasteiger partial charge in [-0.1, -0.05) is 6.58 Å². The highest BCUT2D eigenvalue weighted by atomic mass is 32.2. The third-order valence-electron chi connectivity index (χ3n) is 5.12. The zero-order chi connectivity index (χ0) is 26.1. The molecule has 3 rings (SSSR count). The number of carboxylic acid groups (broad SMARTS) is 1. The molecule has 1 saturated heterocycles. The molecule has 0 spiro atoms. The third-order valence-corrected chi connectivity index (χ3v) is 6.99. The van der Waals surface area contributed by atoms with Crippen molar-refractivity contribution in [1.29, 1.82) is 10.5 Å². The van der Waals surface area contributed by atoms with Gasteiger partial charge in [-0.05, 0) is 29.8 Å². The number of ether oxygens (including phenoxy) is 1. The molecule has 1 atom stereocenters. The molecular weight excluding hydrogens is 494 g/mol. The number of alkyl halides is 3. The second-order valence-electron chi connectivity index (χ2n) is 7.48. The summed E-state index contributed by atoms with van der Waals surface area (Å²) in [7, 11) is -4.47. The lowest BCUT2D eigenvalue weighted by atomic mass is 10.1. The number of carbonyl (C=O) groups excluding carboxylic acids is 1. The van der Waals surface area contributed by atoms with Crippen molar-refractivity contribution < 1.29 is 40.6 Å². The number of nitrogens with zero attached hydrogens (tertiary/aromatic N) is 3. The first-order valence-corrected chi connectivity index (χ1v) is 11.1. The minimum absolute atomic E-state index is 0.0911. The molecular formula is C22H14F4N3O5S-. The molecule has 182 valence electrons. The Hall–Kier alpha value is -3.94. The minimum atomic E-state index is -4.78. The van der Waals surface area contributed by atoms with Gasteiger partial charge in [0.05, 0.1) is 28.1 Å². The van der Waals surface area contributed by atoms with E-state index in [1.165, 1.54) is 6.07 Å². The van der Waals surface area contributed by atoms with E-state index in [1.54, 1.807) is 6.07 Å². The molecule has 2 aromatic rings. The van der Waals surface area contributed by atoms with Gasteiger partial charge in [-0.15, -0.1) is 0 Å². The van der Waals surface area contributed by atoms with E-state index in [2.05, 4.69) is 6.58 Å². The molecule has 1 aliphatic rings. The maximum absolute atomic E-state index is 14.1. The highest BCUT2D eigenvalue weighted by Gasteiger charge is 2.39. The van der Waals surface area contributed by atoms with Gasteiger partial charge in [0.15, 0.2) is 0 Å². The molecule has 2 aromatic carbocycles. The molecule has 1 fully saturated rings. The van der Waals surface area contributed by atoms with Gasteiger partial charge in [-0.3, -0.25) is 0 Å². The van der Waals surface area contributed by atoms with Crippen molar-refractivity contribution in [3.8, 4) is 17.9 Å². The van der Waals surface area contributed by atoms with Crippen LogP contribution in [0.3, 0.4) is 0 Å². The summed E-state index contributed by atoms with van der Waals surface area (Å²) in [6, 6.07) is 6.41. The predicted octanol–water partition coefficient (Wildman–Crippen LogP) is 1.89. The maximum Gasteiger partial charge on any atom is 0.416 e. The molecule has 0 aliphatic carbocycles. The van der Waals surface area contributed by atoms with Crippen LogP contribution in [0.25, 0.3) is 0 Å². The first kappa shape index (κ1) is 25.7. The Balaban J connectivity index is 1.91. The lowest BCUT2D eigenvalue weighted by Crippen LogP contribution is -2.32. The number of carbonyl (C=O) groups is 1. The van der Waals surface area contributed by atoms with Gasteiger partial charge in [-0.2, -0.15) is 28.0 Å². The lowest BCUT2D eigenvalue weighted by molar-refractivity contribution is -0.304. The van der Waals surface area contributed by atoms with Crippen LogP contribution in [-0.2, 0) is 27.4 Å². The molecule has 1 heterocycles. The van der Waals surface area contributed by atoms with Crippen LogP contribution in [0.15, 0.2) is 47.4 Å². The Morgan fingerprint density at radius 2 is 1.86 bits per heavy atom. The molecule has 13 heteroatoms. The molecule has 0 aromatic heterocycles. The monoisotopic (exact) mass is 508 g/mol. The van der Waals surface area contributed by atoms with E-state index in [1.807, 2.05) is 0 Å². The topological polar surface area (TPSA) is 134 Å².